The number of rotatable bonds is 3. The zero-order valence-electron chi connectivity index (χ0n) is 6.99. The van der Waals surface area contributed by atoms with Crippen LogP contribution in [0, 0.1) is 0 Å². The Balaban J connectivity index is 0.00000121. The van der Waals surface area contributed by atoms with Gasteiger partial charge < -0.3 is 4.79 Å². The SMILES string of the molecule is O=CCC(=O)c1ccccc1.[Na+]. The first kappa shape index (κ1) is 11.6. The van der Waals surface area contributed by atoms with Crippen molar-refractivity contribution in [3.63, 3.8) is 0 Å². The van der Waals surface area contributed by atoms with Gasteiger partial charge in [-0.1, -0.05) is 30.3 Å². The molecule has 1 aromatic rings. The van der Waals surface area contributed by atoms with Crippen LogP contribution in [0.5, 0.6) is 0 Å². The standard InChI is InChI=1S/C9H8O2.Na/c10-7-6-9(11)8-4-2-1-3-5-8;/h1-5,7H,6H2;/q;+1. The van der Waals surface area contributed by atoms with Crippen LogP contribution in [-0.4, -0.2) is 12.1 Å². The zero-order chi connectivity index (χ0) is 8.10. The summed E-state index contributed by atoms with van der Waals surface area (Å²) >= 11 is 0. The Morgan fingerprint density at radius 2 is 1.83 bits per heavy atom. The molecule has 1 aromatic carbocycles. The number of benzene rings is 1. The Kier molecular flexibility index (Phi) is 5.89. The molecule has 0 fully saturated rings. The Bertz CT molecular complexity index is 256. The molecule has 0 aliphatic carbocycles. The summed E-state index contributed by atoms with van der Waals surface area (Å²) in [6, 6.07) is 8.78. The van der Waals surface area contributed by atoms with Gasteiger partial charge in [-0.2, -0.15) is 0 Å². The zero-order valence-corrected chi connectivity index (χ0v) is 8.99. The summed E-state index contributed by atoms with van der Waals surface area (Å²) in [5.74, 6) is -0.124. The molecule has 1 rings (SSSR count). The molecule has 2 nitrogen and oxygen atoms in total. The molecule has 12 heavy (non-hydrogen) atoms. The monoisotopic (exact) mass is 171 g/mol. The summed E-state index contributed by atoms with van der Waals surface area (Å²) in [6.07, 6.45) is 0.597. The van der Waals surface area contributed by atoms with Crippen molar-refractivity contribution >= 4 is 12.1 Å². The van der Waals surface area contributed by atoms with Gasteiger partial charge in [-0.05, 0) is 0 Å². The van der Waals surface area contributed by atoms with Gasteiger partial charge in [0.2, 0.25) is 0 Å². The van der Waals surface area contributed by atoms with Crippen LogP contribution in [-0.2, 0) is 4.79 Å². The van der Waals surface area contributed by atoms with E-state index in [-0.39, 0.29) is 41.8 Å². The van der Waals surface area contributed by atoms with Crippen molar-refractivity contribution in [2.24, 2.45) is 0 Å². The van der Waals surface area contributed by atoms with Gasteiger partial charge in [-0.15, -0.1) is 0 Å². The summed E-state index contributed by atoms with van der Waals surface area (Å²) in [4.78, 5) is 21.0. The largest absolute Gasteiger partial charge is 1.00 e. The molecule has 0 amide bonds. The van der Waals surface area contributed by atoms with Gasteiger partial charge in [-0.25, -0.2) is 0 Å². The number of hydrogen-bond donors (Lipinski definition) is 0. The molecule has 0 bridgehead atoms. The van der Waals surface area contributed by atoms with Gasteiger partial charge in [0.1, 0.15) is 6.29 Å². The maximum Gasteiger partial charge on any atom is 1.00 e. The van der Waals surface area contributed by atoms with E-state index in [1.165, 1.54) is 0 Å². The molecule has 0 aliphatic rings. The second kappa shape index (κ2) is 6.12. The molecular formula is C9H8NaO2+. The van der Waals surface area contributed by atoms with E-state index < -0.39 is 0 Å². The minimum Gasteiger partial charge on any atom is -0.303 e. The summed E-state index contributed by atoms with van der Waals surface area (Å²) < 4.78 is 0. The molecule has 0 atom stereocenters. The van der Waals surface area contributed by atoms with Crippen molar-refractivity contribution in [2.45, 2.75) is 6.42 Å². The van der Waals surface area contributed by atoms with E-state index in [0.29, 0.717) is 11.8 Å². The fraction of sp³-hybridized carbons (Fsp3) is 0.111. The Morgan fingerprint density at radius 1 is 1.25 bits per heavy atom. The quantitative estimate of drug-likeness (QED) is 0.239. The third kappa shape index (κ3) is 3.30. The Hall–Kier alpha value is -0.440. The molecule has 0 heterocycles. The number of ketones is 1. The van der Waals surface area contributed by atoms with Crippen LogP contribution in [0.25, 0.3) is 0 Å². The second-order valence-corrected chi connectivity index (χ2v) is 2.16. The van der Waals surface area contributed by atoms with Crippen molar-refractivity contribution in [3.8, 4) is 0 Å². The first-order valence-electron chi connectivity index (χ1n) is 3.36. The Morgan fingerprint density at radius 3 is 2.33 bits per heavy atom. The van der Waals surface area contributed by atoms with Crippen LogP contribution in [0.15, 0.2) is 30.3 Å². The van der Waals surface area contributed by atoms with Crippen molar-refractivity contribution in [1.29, 1.82) is 0 Å². The third-order valence-electron chi connectivity index (χ3n) is 1.36. The van der Waals surface area contributed by atoms with E-state index in [1.54, 1.807) is 24.3 Å². The average Bonchev–Trinajstić information content (AvgIpc) is 2.07. The molecule has 0 N–H and O–H groups in total. The number of carbonyl (C=O) groups is 2. The molecule has 56 valence electrons. The van der Waals surface area contributed by atoms with E-state index in [1.807, 2.05) is 6.07 Å². The van der Waals surface area contributed by atoms with E-state index in [4.69, 9.17) is 0 Å². The molecular weight excluding hydrogens is 163 g/mol. The molecule has 0 spiro atoms. The normalized spacial score (nSPS) is 8.33. The van der Waals surface area contributed by atoms with Crippen LogP contribution in [0.2, 0.25) is 0 Å². The number of hydrogen-bond acceptors (Lipinski definition) is 2. The summed E-state index contributed by atoms with van der Waals surface area (Å²) in [6.45, 7) is 0. The molecule has 0 aliphatic heterocycles. The maximum atomic E-state index is 11.0. The summed E-state index contributed by atoms with van der Waals surface area (Å²) in [5, 5.41) is 0. The first-order valence-corrected chi connectivity index (χ1v) is 3.36. The van der Waals surface area contributed by atoms with Crippen molar-refractivity contribution in [3.05, 3.63) is 35.9 Å². The van der Waals surface area contributed by atoms with Gasteiger partial charge in [0.25, 0.3) is 0 Å². The summed E-state index contributed by atoms with van der Waals surface area (Å²) in [5.41, 5.74) is 0.597. The number of carbonyl (C=O) groups excluding carboxylic acids is 2. The first-order chi connectivity index (χ1) is 5.34. The predicted octanol–water partition coefficient (Wildman–Crippen LogP) is -1.54. The minimum atomic E-state index is -0.124. The minimum absolute atomic E-state index is 0. The molecule has 3 heteroatoms. The van der Waals surface area contributed by atoms with E-state index in [9.17, 15) is 9.59 Å². The van der Waals surface area contributed by atoms with Crippen molar-refractivity contribution in [1.82, 2.24) is 0 Å². The summed E-state index contributed by atoms with van der Waals surface area (Å²) in [7, 11) is 0. The molecule has 0 saturated carbocycles. The smallest absolute Gasteiger partial charge is 0.303 e. The fourth-order valence-corrected chi connectivity index (χ4v) is 0.818. The van der Waals surface area contributed by atoms with Gasteiger partial charge in [0.05, 0.1) is 6.42 Å². The van der Waals surface area contributed by atoms with Crippen molar-refractivity contribution < 1.29 is 39.1 Å². The average molecular weight is 171 g/mol. The Labute approximate surface area is 93.3 Å². The van der Waals surface area contributed by atoms with Gasteiger partial charge in [0, 0.05) is 5.56 Å². The third-order valence-corrected chi connectivity index (χ3v) is 1.36. The van der Waals surface area contributed by atoms with E-state index >= 15 is 0 Å². The van der Waals surface area contributed by atoms with Gasteiger partial charge in [-0.3, -0.25) is 4.79 Å². The van der Waals surface area contributed by atoms with Crippen LogP contribution in [0.3, 0.4) is 0 Å². The van der Waals surface area contributed by atoms with Crippen molar-refractivity contribution in [2.75, 3.05) is 0 Å². The topological polar surface area (TPSA) is 34.1 Å². The molecule has 0 saturated heterocycles. The van der Waals surface area contributed by atoms with Crippen LogP contribution >= 0.6 is 0 Å². The van der Waals surface area contributed by atoms with Gasteiger partial charge >= 0.3 is 29.6 Å². The maximum absolute atomic E-state index is 11.0. The fourth-order valence-electron chi connectivity index (χ4n) is 0.818. The second-order valence-electron chi connectivity index (χ2n) is 2.16. The number of Topliss-reactive ketones (excluding diaryl/α,β-unsaturated/α-hetero) is 1. The predicted molar refractivity (Wildman–Crippen MR) is 41.5 cm³/mol. The molecule has 0 radical (unpaired) electrons. The van der Waals surface area contributed by atoms with Crippen LogP contribution in [0.1, 0.15) is 16.8 Å². The molecule has 0 aromatic heterocycles. The molecule has 0 unspecified atom stereocenters. The van der Waals surface area contributed by atoms with Gasteiger partial charge in [0.15, 0.2) is 5.78 Å². The van der Waals surface area contributed by atoms with E-state index in [0.717, 1.165) is 0 Å². The number of aldehydes is 1. The van der Waals surface area contributed by atoms with Crippen LogP contribution < -0.4 is 29.6 Å². The van der Waals surface area contributed by atoms with Crippen LogP contribution in [0.4, 0.5) is 0 Å². The van der Waals surface area contributed by atoms with E-state index in [2.05, 4.69) is 0 Å².